The lowest BCUT2D eigenvalue weighted by Crippen LogP contribution is -2.16. The smallest absolute Gasteiger partial charge is 0.439 e. The second kappa shape index (κ2) is 6.44. The van der Waals surface area contributed by atoms with Crippen LogP contribution in [0.15, 0.2) is 56.3 Å². The number of aromatic nitrogens is 3. The van der Waals surface area contributed by atoms with Gasteiger partial charge in [-0.05, 0) is 30.3 Å². The molecule has 0 unspecified atom stereocenters. The van der Waals surface area contributed by atoms with Gasteiger partial charge in [0.2, 0.25) is 0 Å². The van der Waals surface area contributed by atoms with Crippen LogP contribution in [0.25, 0.3) is 22.3 Å². The molecule has 4 aromatic rings. The lowest BCUT2D eigenvalue weighted by atomic mass is 10.1. The standard InChI is InChI=1S/C18H13BrN4O4/c1-23-13(7-9-3-2-4-14(24)15(9)23)17(25)20-12-6-5-10(19)8-11(12)16-21-18(26)27-22-16/h2-8,24H,1H3,(H,20,25)(H,21,22,26). The van der Waals surface area contributed by atoms with Crippen LogP contribution < -0.4 is 11.1 Å². The van der Waals surface area contributed by atoms with Crippen LogP contribution in [0.1, 0.15) is 10.5 Å². The fourth-order valence-electron chi connectivity index (χ4n) is 2.97. The van der Waals surface area contributed by atoms with Crippen LogP contribution in [0, 0.1) is 0 Å². The first-order valence-electron chi connectivity index (χ1n) is 7.88. The minimum absolute atomic E-state index is 0.0959. The van der Waals surface area contributed by atoms with Crippen LogP contribution in [0.3, 0.4) is 0 Å². The van der Waals surface area contributed by atoms with E-state index >= 15 is 0 Å². The van der Waals surface area contributed by atoms with E-state index in [1.807, 2.05) is 6.07 Å². The average molecular weight is 429 g/mol. The van der Waals surface area contributed by atoms with Gasteiger partial charge in [-0.3, -0.25) is 14.3 Å². The van der Waals surface area contributed by atoms with E-state index < -0.39 is 5.76 Å². The highest BCUT2D eigenvalue weighted by Crippen LogP contribution is 2.30. The van der Waals surface area contributed by atoms with Crippen LogP contribution in [0.4, 0.5) is 5.69 Å². The number of aromatic hydroxyl groups is 1. The number of fused-ring (bicyclic) bond motifs is 1. The number of amides is 1. The van der Waals surface area contributed by atoms with Crippen LogP contribution >= 0.6 is 15.9 Å². The second-order valence-corrected chi connectivity index (χ2v) is 6.81. The van der Waals surface area contributed by atoms with E-state index in [1.165, 1.54) is 0 Å². The Kier molecular flexibility index (Phi) is 4.08. The molecule has 0 aliphatic carbocycles. The summed E-state index contributed by atoms with van der Waals surface area (Å²) in [6, 6.07) is 11.9. The summed E-state index contributed by atoms with van der Waals surface area (Å²) in [6.45, 7) is 0. The summed E-state index contributed by atoms with van der Waals surface area (Å²) < 4.78 is 6.92. The summed E-state index contributed by atoms with van der Waals surface area (Å²) in [6.07, 6.45) is 0. The topological polar surface area (TPSA) is 113 Å². The number of aromatic amines is 1. The number of phenols is 1. The van der Waals surface area contributed by atoms with Crippen molar-refractivity contribution in [3.05, 3.63) is 63.2 Å². The summed E-state index contributed by atoms with van der Waals surface area (Å²) in [5, 5.41) is 17.3. The van der Waals surface area contributed by atoms with E-state index in [-0.39, 0.29) is 17.5 Å². The Morgan fingerprint density at radius 1 is 1.30 bits per heavy atom. The Morgan fingerprint density at radius 2 is 2.11 bits per heavy atom. The van der Waals surface area contributed by atoms with E-state index in [1.54, 1.807) is 48.0 Å². The summed E-state index contributed by atoms with van der Waals surface area (Å²) in [5.41, 5.74) is 1.88. The van der Waals surface area contributed by atoms with E-state index in [0.717, 1.165) is 9.86 Å². The molecule has 0 bridgehead atoms. The molecule has 0 aliphatic heterocycles. The Labute approximate surface area is 160 Å². The maximum absolute atomic E-state index is 12.8. The zero-order chi connectivity index (χ0) is 19.1. The lowest BCUT2D eigenvalue weighted by molar-refractivity contribution is 0.102. The summed E-state index contributed by atoms with van der Waals surface area (Å²) in [7, 11) is 1.70. The van der Waals surface area contributed by atoms with Gasteiger partial charge in [0.1, 0.15) is 11.4 Å². The van der Waals surface area contributed by atoms with E-state index in [0.29, 0.717) is 22.5 Å². The van der Waals surface area contributed by atoms with Gasteiger partial charge in [0.25, 0.3) is 5.91 Å². The molecule has 0 saturated carbocycles. The third-order valence-electron chi connectivity index (χ3n) is 4.19. The van der Waals surface area contributed by atoms with Gasteiger partial charge >= 0.3 is 5.76 Å². The van der Waals surface area contributed by atoms with Crippen molar-refractivity contribution in [1.29, 1.82) is 0 Å². The number of para-hydroxylation sites is 1. The van der Waals surface area contributed by atoms with E-state index in [9.17, 15) is 14.7 Å². The maximum Gasteiger partial charge on any atom is 0.439 e. The molecule has 0 saturated heterocycles. The van der Waals surface area contributed by atoms with Crippen molar-refractivity contribution < 1.29 is 14.4 Å². The fraction of sp³-hybridized carbons (Fsp3) is 0.0556. The number of carbonyl (C=O) groups is 1. The number of nitrogens with zero attached hydrogens (tertiary/aromatic N) is 2. The van der Waals surface area contributed by atoms with Crippen molar-refractivity contribution >= 4 is 38.4 Å². The maximum atomic E-state index is 12.8. The first-order valence-corrected chi connectivity index (χ1v) is 8.68. The molecular weight excluding hydrogens is 416 g/mol. The second-order valence-electron chi connectivity index (χ2n) is 5.89. The number of benzene rings is 2. The van der Waals surface area contributed by atoms with Crippen molar-refractivity contribution in [1.82, 2.24) is 14.7 Å². The number of H-pyrrole nitrogens is 1. The Balaban J connectivity index is 1.75. The van der Waals surface area contributed by atoms with Crippen molar-refractivity contribution in [2.45, 2.75) is 0 Å². The van der Waals surface area contributed by atoms with Gasteiger partial charge in [0, 0.05) is 22.5 Å². The fourth-order valence-corrected chi connectivity index (χ4v) is 3.33. The molecule has 1 amide bonds. The number of rotatable bonds is 3. The molecule has 27 heavy (non-hydrogen) atoms. The molecule has 2 aromatic carbocycles. The number of nitrogens with one attached hydrogen (secondary N) is 2. The van der Waals surface area contributed by atoms with Crippen LogP contribution in [-0.4, -0.2) is 25.7 Å². The minimum atomic E-state index is -0.689. The molecule has 136 valence electrons. The molecular formula is C18H13BrN4O4. The molecule has 2 heterocycles. The largest absolute Gasteiger partial charge is 0.506 e. The molecule has 2 aromatic heterocycles. The minimum Gasteiger partial charge on any atom is -0.506 e. The molecule has 9 heteroatoms. The Bertz CT molecular complexity index is 1240. The number of phenolic OH excluding ortho intramolecular Hbond substituents is 1. The summed E-state index contributed by atoms with van der Waals surface area (Å²) in [5.74, 6) is -0.765. The van der Waals surface area contributed by atoms with Crippen LogP contribution in [0.5, 0.6) is 5.75 Å². The zero-order valence-corrected chi connectivity index (χ0v) is 15.6. The number of carbonyl (C=O) groups excluding carboxylic acids is 1. The summed E-state index contributed by atoms with van der Waals surface area (Å²) in [4.78, 5) is 26.6. The Hall–Kier alpha value is -3.33. The molecule has 4 rings (SSSR count). The predicted molar refractivity (Wildman–Crippen MR) is 103 cm³/mol. The van der Waals surface area contributed by atoms with Crippen molar-refractivity contribution in [2.24, 2.45) is 7.05 Å². The molecule has 3 N–H and O–H groups in total. The number of hydrogen-bond acceptors (Lipinski definition) is 5. The molecule has 0 aliphatic rings. The monoisotopic (exact) mass is 428 g/mol. The molecule has 0 spiro atoms. The van der Waals surface area contributed by atoms with Crippen LogP contribution in [-0.2, 0) is 7.05 Å². The van der Waals surface area contributed by atoms with Crippen molar-refractivity contribution in [3.63, 3.8) is 0 Å². The highest BCUT2D eigenvalue weighted by atomic mass is 79.9. The van der Waals surface area contributed by atoms with Gasteiger partial charge in [0.15, 0.2) is 5.82 Å². The van der Waals surface area contributed by atoms with E-state index in [4.69, 9.17) is 0 Å². The number of anilines is 1. The quantitative estimate of drug-likeness (QED) is 0.463. The average Bonchev–Trinajstić information content (AvgIpc) is 3.21. The molecule has 0 radical (unpaired) electrons. The van der Waals surface area contributed by atoms with Gasteiger partial charge < -0.3 is 15.0 Å². The van der Waals surface area contributed by atoms with Gasteiger partial charge in [-0.2, -0.15) is 0 Å². The van der Waals surface area contributed by atoms with Crippen LogP contribution in [0.2, 0.25) is 0 Å². The van der Waals surface area contributed by atoms with Crippen molar-refractivity contribution in [2.75, 3.05) is 5.32 Å². The third-order valence-corrected chi connectivity index (χ3v) is 4.69. The summed E-state index contributed by atoms with van der Waals surface area (Å²) >= 11 is 3.36. The van der Waals surface area contributed by atoms with Gasteiger partial charge in [0.05, 0.1) is 11.2 Å². The number of aryl methyl sites for hydroxylation is 1. The predicted octanol–water partition coefficient (Wildman–Crippen LogP) is 3.24. The first kappa shape index (κ1) is 17.1. The van der Waals surface area contributed by atoms with Crippen molar-refractivity contribution in [3.8, 4) is 17.1 Å². The normalized spacial score (nSPS) is 11.0. The third kappa shape index (κ3) is 3.02. The lowest BCUT2D eigenvalue weighted by Gasteiger charge is -2.10. The molecule has 8 nitrogen and oxygen atoms in total. The highest BCUT2D eigenvalue weighted by Gasteiger charge is 2.18. The number of hydrogen-bond donors (Lipinski definition) is 3. The van der Waals surface area contributed by atoms with Gasteiger partial charge in [-0.15, -0.1) is 0 Å². The Morgan fingerprint density at radius 3 is 2.81 bits per heavy atom. The first-order chi connectivity index (χ1) is 12.9. The van der Waals surface area contributed by atoms with Gasteiger partial charge in [-0.25, -0.2) is 4.79 Å². The molecule has 0 fully saturated rings. The zero-order valence-electron chi connectivity index (χ0n) is 14.0. The van der Waals surface area contributed by atoms with E-state index in [2.05, 4.69) is 35.9 Å². The van der Waals surface area contributed by atoms with Gasteiger partial charge in [-0.1, -0.05) is 33.2 Å². The highest BCUT2D eigenvalue weighted by molar-refractivity contribution is 9.10. The molecule has 0 atom stereocenters. The number of halogens is 1. The SMILES string of the molecule is Cn1c(C(=O)Nc2ccc(Br)cc2-c2noc(=O)[nH]2)cc2cccc(O)c21.